The largest absolute Gasteiger partial charge is 0.492 e. The molecule has 2 heterocycles. The Morgan fingerprint density at radius 3 is 2.24 bits per heavy atom. The highest BCUT2D eigenvalue weighted by atomic mass is 32.2. The Bertz CT molecular complexity index is 1270. The standard InChI is InChI=1S/C26H31F3N2O6S/c1-5-25(2,3)23(32)31-12-10-17(11-13-31)16-36-19-14-21(37-24(33)26(27,28)29)22(30-15-19)18-6-8-20(9-7-18)38(4,34)35/h6-9,14-15,17H,5,10-13,16H2,1-4H3. The van der Waals surface area contributed by atoms with Crippen LogP contribution in [-0.2, 0) is 19.4 Å². The van der Waals surface area contributed by atoms with E-state index >= 15 is 0 Å². The van der Waals surface area contributed by atoms with Gasteiger partial charge >= 0.3 is 12.1 Å². The van der Waals surface area contributed by atoms with Crippen molar-refractivity contribution >= 4 is 21.7 Å². The van der Waals surface area contributed by atoms with Crippen molar-refractivity contribution in [3.8, 4) is 22.8 Å². The van der Waals surface area contributed by atoms with Crippen molar-refractivity contribution in [2.75, 3.05) is 26.0 Å². The van der Waals surface area contributed by atoms with Crippen LogP contribution in [0.25, 0.3) is 11.3 Å². The molecule has 1 amide bonds. The molecule has 0 N–H and O–H groups in total. The SMILES string of the molecule is CCC(C)(C)C(=O)N1CCC(COc2cnc(-c3ccc(S(C)(=O)=O)cc3)c(OC(=O)C(F)(F)F)c2)CC1. The van der Waals surface area contributed by atoms with Gasteiger partial charge in [-0.15, -0.1) is 0 Å². The summed E-state index contributed by atoms with van der Waals surface area (Å²) in [5, 5.41) is 0. The van der Waals surface area contributed by atoms with Crippen molar-refractivity contribution in [3.63, 3.8) is 0 Å². The maximum absolute atomic E-state index is 12.9. The molecule has 3 rings (SSSR count). The predicted molar refractivity (Wildman–Crippen MR) is 133 cm³/mol. The van der Waals surface area contributed by atoms with Gasteiger partial charge in [0.25, 0.3) is 0 Å². The lowest BCUT2D eigenvalue weighted by molar-refractivity contribution is -0.189. The number of pyridine rings is 1. The van der Waals surface area contributed by atoms with Gasteiger partial charge in [0.1, 0.15) is 11.4 Å². The van der Waals surface area contributed by atoms with Crippen LogP contribution in [0.2, 0.25) is 0 Å². The number of carbonyl (C=O) groups excluding carboxylic acids is 2. The van der Waals surface area contributed by atoms with Gasteiger partial charge in [-0.3, -0.25) is 4.79 Å². The van der Waals surface area contributed by atoms with Crippen molar-refractivity contribution < 1.29 is 40.7 Å². The Morgan fingerprint density at radius 2 is 1.71 bits per heavy atom. The molecule has 1 saturated heterocycles. The Hall–Kier alpha value is -3.15. The van der Waals surface area contributed by atoms with Crippen LogP contribution in [-0.4, -0.2) is 62.3 Å². The van der Waals surface area contributed by atoms with Crippen molar-refractivity contribution in [2.24, 2.45) is 11.3 Å². The van der Waals surface area contributed by atoms with Crippen molar-refractivity contribution in [2.45, 2.75) is 51.1 Å². The van der Waals surface area contributed by atoms with Crippen LogP contribution in [0.3, 0.4) is 0 Å². The molecule has 1 aromatic heterocycles. The van der Waals surface area contributed by atoms with Crippen LogP contribution in [0, 0.1) is 11.3 Å². The van der Waals surface area contributed by atoms with E-state index in [1.54, 1.807) is 0 Å². The third-order valence-corrected chi connectivity index (χ3v) is 7.80. The molecule has 38 heavy (non-hydrogen) atoms. The fourth-order valence-corrected chi connectivity index (χ4v) is 4.54. The van der Waals surface area contributed by atoms with Gasteiger partial charge < -0.3 is 14.4 Å². The predicted octanol–water partition coefficient (Wildman–Crippen LogP) is 4.67. The minimum atomic E-state index is -5.23. The fraction of sp³-hybridized carbons (Fsp3) is 0.500. The van der Waals surface area contributed by atoms with E-state index in [1.165, 1.54) is 30.5 Å². The molecule has 0 atom stereocenters. The average molecular weight is 557 g/mol. The molecule has 12 heteroatoms. The molecular formula is C26H31F3N2O6S. The van der Waals surface area contributed by atoms with E-state index in [9.17, 15) is 31.2 Å². The number of halogens is 3. The fourth-order valence-electron chi connectivity index (χ4n) is 3.91. The second kappa shape index (κ2) is 11.3. The highest BCUT2D eigenvalue weighted by Crippen LogP contribution is 2.34. The Kier molecular flexibility index (Phi) is 8.75. The normalized spacial score (nSPS) is 15.3. The number of rotatable bonds is 8. The molecule has 0 unspecified atom stereocenters. The first kappa shape index (κ1) is 29.4. The number of likely N-dealkylation sites (tertiary alicyclic amines) is 1. The van der Waals surface area contributed by atoms with Gasteiger partial charge in [0, 0.05) is 36.4 Å². The lowest BCUT2D eigenvalue weighted by Gasteiger charge is -2.36. The van der Waals surface area contributed by atoms with Crippen LogP contribution in [0.5, 0.6) is 11.5 Å². The van der Waals surface area contributed by atoms with Gasteiger partial charge in [0.05, 0.1) is 17.7 Å². The number of sulfone groups is 1. The number of benzene rings is 1. The zero-order valence-corrected chi connectivity index (χ0v) is 22.5. The summed E-state index contributed by atoms with van der Waals surface area (Å²) in [5.41, 5.74) is -0.257. The minimum Gasteiger partial charge on any atom is -0.492 e. The molecule has 0 bridgehead atoms. The van der Waals surface area contributed by atoms with Crippen molar-refractivity contribution in [3.05, 3.63) is 36.5 Å². The molecule has 0 saturated carbocycles. The van der Waals surface area contributed by atoms with Crippen LogP contribution in [0.4, 0.5) is 13.2 Å². The number of carbonyl (C=O) groups is 2. The number of nitrogens with zero attached hydrogens (tertiary/aromatic N) is 2. The molecule has 0 spiro atoms. The summed E-state index contributed by atoms with van der Waals surface area (Å²) in [6.45, 7) is 7.24. The second-order valence-corrected chi connectivity index (χ2v) is 12.0. The summed E-state index contributed by atoms with van der Waals surface area (Å²) in [6.07, 6.45) is -0.754. The maximum Gasteiger partial charge on any atom is 0.491 e. The summed E-state index contributed by atoms with van der Waals surface area (Å²) in [5.74, 6) is -2.55. The van der Waals surface area contributed by atoms with E-state index in [2.05, 4.69) is 9.72 Å². The smallest absolute Gasteiger partial charge is 0.491 e. The summed E-state index contributed by atoms with van der Waals surface area (Å²) in [6, 6.07) is 6.44. The van der Waals surface area contributed by atoms with E-state index in [-0.39, 0.29) is 40.3 Å². The molecular weight excluding hydrogens is 525 g/mol. The summed E-state index contributed by atoms with van der Waals surface area (Å²) < 4.78 is 72.5. The molecule has 1 aliphatic heterocycles. The monoisotopic (exact) mass is 556 g/mol. The highest BCUT2D eigenvalue weighted by molar-refractivity contribution is 7.90. The first-order chi connectivity index (χ1) is 17.6. The molecule has 1 fully saturated rings. The number of ether oxygens (including phenoxy) is 2. The van der Waals surface area contributed by atoms with Gasteiger partial charge in [0.2, 0.25) is 5.91 Å². The van der Waals surface area contributed by atoms with Crippen LogP contribution in [0.15, 0.2) is 41.4 Å². The van der Waals surface area contributed by atoms with Gasteiger partial charge in [-0.25, -0.2) is 18.2 Å². The van der Waals surface area contributed by atoms with E-state index in [1.807, 2.05) is 25.7 Å². The lowest BCUT2D eigenvalue weighted by atomic mass is 9.87. The van der Waals surface area contributed by atoms with Gasteiger partial charge in [-0.05, 0) is 37.3 Å². The van der Waals surface area contributed by atoms with Gasteiger partial charge in [-0.1, -0.05) is 32.9 Å². The summed E-state index contributed by atoms with van der Waals surface area (Å²) >= 11 is 0. The van der Waals surface area contributed by atoms with Crippen LogP contribution in [0.1, 0.15) is 40.0 Å². The topological polar surface area (TPSA) is 103 Å². The number of amides is 1. The molecule has 1 aliphatic rings. The molecule has 8 nitrogen and oxygen atoms in total. The molecule has 2 aromatic rings. The van der Waals surface area contributed by atoms with E-state index in [0.717, 1.165) is 18.7 Å². The van der Waals surface area contributed by atoms with Crippen molar-refractivity contribution in [1.29, 1.82) is 0 Å². The number of aromatic nitrogens is 1. The van der Waals surface area contributed by atoms with Crippen molar-refractivity contribution in [1.82, 2.24) is 9.88 Å². The van der Waals surface area contributed by atoms with Gasteiger partial charge in [-0.2, -0.15) is 13.2 Å². The minimum absolute atomic E-state index is 0.0149. The third-order valence-electron chi connectivity index (χ3n) is 6.67. The average Bonchev–Trinajstić information content (AvgIpc) is 2.86. The van der Waals surface area contributed by atoms with E-state index in [4.69, 9.17) is 4.74 Å². The number of hydrogen-bond acceptors (Lipinski definition) is 7. The highest BCUT2D eigenvalue weighted by Gasteiger charge is 2.42. The molecule has 1 aromatic carbocycles. The van der Waals surface area contributed by atoms with Crippen LogP contribution >= 0.6 is 0 Å². The molecule has 0 aliphatic carbocycles. The summed E-state index contributed by atoms with van der Waals surface area (Å²) in [4.78, 5) is 30.3. The second-order valence-electron chi connectivity index (χ2n) is 9.99. The lowest BCUT2D eigenvalue weighted by Crippen LogP contribution is -2.45. The van der Waals surface area contributed by atoms with Crippen LogP contribution < -0.4 is 9.47 Å². The first-order valence-corrected chi connectivity index (χ1v) is 14.0. The molecule has 208 valence electrons. The summed E-state index contributed by atoms with van der Waals surface area (Å²) in [7, 11) is -3.49. The Balaban J connectivity index is 1.74. The molecule has 0 radical (unpaired) electrons. The number of esters is 1. The van der Waals surface area contributed by atoms with Gasteiger partial charge in [0.15, 0.2) is 15.6 Å². The number of hydrogen-bond donors (Lipinski definition) is 0. The Morgan fingerprint density at radius 1 is 1.11 bits per heavy atom. The van der Waals surface area contributed by atoms with E-state index in [0.29, 0.717) is 25.9 Å². The van der Waals surface area contributed by atoms with E-state index < -0.39 is 33.1 Å². The zero-order valence-electron chi connectivity index (χ0n) is 21.7. The maximum atomic E-state index is 12.9. The zero-order chi connectivity index (χ0) is 28.3. The third kappa shape index (κ3) is 7.24. The number of alkyl halides is 3. The quantitative estimate of drug-likeness (QED) is 0.435. The Labute approximate surface area is 220 Å². The number of piperidine rings is 1. The first-order valence-electron chi connectivity index (χ1n) is 12.1.